The van der Waals surface area contributed by atoms with Crippen LogP contribution in [-0.4, -0.2) is 49.5 Å². The summed E-state index contributed by atoms with van der Waals surface area (Å²) in [4.78, 5) is 29.1. The Morgan fingerprint density at radius 2 is 1.51 bits per heavy atom. The van der Waals surface area contributed by atoms with Gasteiger partial charge in [0.2, 0.25) is 0 Å². The van der Waals surface area contributed by atoms with Gasteiger partial charge in [-0.25, -0.2) is 0 Å². The van der Waals surface area contributed by atoms with E-state index in [4.69, 9.17) is 16.3 Å². The standard InChI is InChI=1S/C28H30ClN3O3/c1-20(2)21-5-13-26(14-6-21)35-19-27(33)30-24-9-11-25(12-10-24)31-15-17-32(18-16-31)28(34)22-3-7-23(29)8-4-22/h3-14,20H,15-19H2,1-2H3,(H,30,33). The first-order valence-electron chi connectivity index (χ1n) is 11.8. The molecule has 0 aromatic heterocycles. The number of nitrogens with zero attached hydrogens (tertiary/aromatic N) is 2. The van der Waals surface area contributed by atoms with E-state index in [1.54, 1.807) is 24.3 Å². The van der Waals surface area contributed by atoms with Crippen LogP contribution in [0.4, 0.5) is 11.4 Å². The van der Waals surface area contributed by atoms with Crippen molar-refractivity contribution in [1.82, 2.24) is 4.90 Å². The largest absolute Gasteiger partial charge is 0.484 e. The highest BCUT2D eigenvalue weighted by Crippen LogP contribution is 2.21. The lowest BCUT2D eigenvalue weighted by molar-refractivity contribution is -0.118. The van der Waals surface area contributed by atoms with Crippen molar-refractivity contribution in [2.45, 2.75) is 19.8 Å². The van der Waals surface area contributed by atoms with Crippen LogP contribution in [0.3, 0.4) is 0 Å². The molecular weight excluding hydrogens is 462 g/mol. The van der Waals surface area contributed by atoms with Gasteiger partial charge in [-0.05, 0) is 72.1 Å². The average molecular weight is 492 g/mol. The Bertz CT molecular complexity index is 1140. The molecule has 3 aromatic rings. The number of amides is 2. The lowest BCUT2D eigenvalue weighted by atomic mass is 10.0. The molecule has 35 heavy (non-hydrogen) atoms. The van der Waals surface area contributed by atoms with Crippen molar-refractivity contribution in [2.75, 3.05) is 43.0 Å². The van der Waals surface area contributed by atoms with Crippen molar-refractivity contribution in [3.63, 3.8) is 0 Å². The fourth-order valence-electron chi connectivity index (χ4n) is 3.99. The van der Waals surface area contributed by atoms with Gasteiger partial charge in [0.15, 0.2) is 6.61 Å². The average Bonchev–Trinajstić information content (AvgIpc) is 2.88. The van der Waals surface area contributed by atoms with Gasteiger partial charge in [0.1, 0.15) is 5.75 Å². The van der Waals surface area contributed by atoms with Crippen molar-refractivity contribution < 1.29 is 14.3 Å². The Morgan fingerprint density at radius 1 is 0.886 bits per heavy atom. The molecule has 0 spiro atoms. The number of ether oxygens (including phenoxy) is 1. The summed E-state index contributed by atoms with van der Waals surface area (Å²) in [6.45, 7) is 7.01. The Kier molecular flexibility index (Phi) is 7.93. The number of anilines is 2. The van der Waals surface area contributed by atoms with Crippen LogP contribution in [0.5, 0.6) is 5.75 Å². The molecule has 0 saturated carbocycles. The summed E-state index contributed by atoms with van der Waals surface area (Å²) in [7, 11) is 0. The number of halogens is 1. The predicted octanol–water partition coefficient (Wildman–Crippen LogP) is 5.44. The molecule has 4 rings (SSSR count). The number of carbonyl (C=O) groups excluding carboxylic acids is 2. The second kappa shape index (κ2) is 11.3. The Hall–Kier alpha value is -3.51. The molecule has 182 valence electrons. The summed E-state index contributed by atoms with van der Waals surface area (Å²) >= 11 is 5.92. The van der Waals surface area contributed by atoms with Crippen molar-refractivity contribution in [3.05, 3.63) is 88.9 Å². The zero-order valence-electron chi connectivity index (χ0n) is 20.0. The van der Waals surface area contributed by atoms with Crippen molar-refractivity contribution >= 4 is 34.8 Å². The van der Waals surface area contributed by atoms with Crippen molar-refractivity contribution in [1.29, 1.82) is 0 Å². The van der Waals surface area contributed by atoms with E-state index in [1.807, 2.05) is 53.4 Å². The molecular formula is C28H30ClN3O3. The minimum atomic E-state index is -0.208. The minimum absolute atomic E-state index is 0.0254. The smallest absolute Gasteiger partial charge is 0.262 e. The van der Waals surface area contributed by atoms with E-state index in [0.717, 1.165) is 18.8 Å². The molecule has 0 bridgehead atoms. The lowest BCUT2D eigenvalue weighted by Gasteiger charge is -2.36. The van der Waals surface area contributed by atoms with Crippen molar-refractivity contribution in [2.24, 2.45) is 0 Å². The maximum Gasteiger partial charge on any atom is 0.262 e. The molecule has 0 unspecified atom stereocenters. The van der Waals surface area contributed by atoms with E-state index in [-0.39, 0.29) is 18.4 Å². The molecule has 1 heterocycles. The summed E-state index contributed by atoms with van der Waals surface area (Å²) in [6, 6.07) is 22.5. The van der Waals surface area contributed by atoms with Crippen LogP contribution < -0.4 is 15.0 Å². The van der Waals surface area contributed by atoms with Gasteiger partial charge >= 0.3 is 0 Å². The molecule has 1 aliphatic heterocycles. The van der Waals surface area contributed by atoms with Crippen LogP contribution in [0.15, 0.2) is 72.8 Å². The van der Waals surface area contributed by atoms with Gasteiger partial charge in [0.05, 0.1) is 0 Å². The fourth-order valence-corrected chi connectivity index (χ4v) is 4.12. The van der Waals surface area contributed by atoms with E-state index >= 15 is 0 Å². The van der Waals surface area contributed by atoms with E-state index in [0.29, 0.717) is 41.0 Å². The number of piperazine rings is 1. The van der Waals surface area contributed by atoms with Crippen LogP contribution >= 0.6 is 11.6 Å². The van der Waals surface area contributed by atoms with Gasteiger partial charge < -0.3 is 19.9 Å². The molecule has 1 aliphatic rings. The number of carbonyl (C=O) groups is 2. The van der Waals surface area contributed by atoms with Crippen LogP contribution in [0, 0.1) is 0 Å². The molecule has 0 radical (unpaired) electrons. The first-order valence-corrected chi connectivity index (χ1v) is 12.2. The van der Waals surface area contributed by atoms with Gasteiger partial charge in [-0.15, -0.1) is 0 Å². The van der Waals surface area contributed by atoms with Crippen LogP contribution in [0.1, 0.15) is 35.7 Å². The number of hydrogen-bond acceptors (Lipinski definition) is 4. The summed E-state index contributed by atoms with van der Waals surface area (Å²) < 4.78 is 5.60. The van der Waals surface area contributed by atoms with E-state index in [9.17, 15) is 9.59 Å². The third-order valence-electron chi connectivity index (χ3n) is 6.09. The SMILES string of the molecule is CC(C)c1ccc(OCC(=O)Nc2ccc(N3CCN(C(=O)c4ccc(Cl)cc4)CC3)cc2)cc1. The third kappa shape index (κ3) is 6.55. The van der Waals surface area contributed by atoms with Gasteiger partial charge in [-0.1, -0.05) is 37.6 Å². The van der Waals surface area contributed by atoms with Gasteiger partial charge in [0.25, 0.3) is 11.8 Å². The first kappa shape index (κ1) is 24.6. The van der Waals surface area contributed by atoms with E-state index in [2.05, 4.69) is 24.1 Å². The van der Waals surface area contributed by atoms with Gasteiger partial charge in [-0.3, -0.25) is 9.59 Å². The van der Waals surface area contributed by atoms with Crippen LogP contribution in [0.2, 0.25) is 5.02 Å². The Balaban J connectivity index is 1.24. The molecule has 7 heteroatoms. The zero-order chi connectivity index (χ0) is 24.8. The van der Waals surface area contributed by atoms with E-state index < -0.39 is 0 Å². The first-order chi connectivity index (χ1) is 16.9. The maximum atomic E-state index is 12.7. The molecule has 0 aliphatic carbocycles. The molecule has 2 amide bonds. The molecule has 6 nitrogen and oxygen atoms in total. The monoisotopic (exact) mass is 491 g/mol. The highest BCUT2D eigenvalue weighted by Gasteiger charge is 2.22. The second-order valence-electron chi connectivity index (χ2n) is 8.89. The summed E-state index contributed by atoms with van der Waals surface area (Å²) in [6.07, 6.45) is 0. The van der Waals surface area contributed by atoms with E-state index in [1.165, 1.54) is 5.56 Å². The van der Waals surface area contributed by atoms with Crippen molar-refractivity contribution in [3.8, 4) is 5.75 Å². The minimum Gasteiger partial charge on any atom is -0.484 e. The fraction of sp³-hybridized carbons (Fsp3) is 0.286. The highest BCUT2D eigenvalue weighted by molar-refractivity contribution is 6.30. The molecule has 1 fully saturated rings. The quantitative estimate of drug-likeness (QED) is 0.478. The lowest BCUT2D eigenvalue weighted by Crippen LogP contribution is -2.48. The highest BCUT2D eigenvalue weighted by atomic mass is 35.5. The van der Waals surface area contributed by atoms with Crippen LogP contribution in [0.25, 0.3) is 0 Å². The Morgan fingerprint density at radius 3 is 2.11 bits per heavy atom. The Labute approximate surface area is 211 Å². The predicted molar refractivity (Wildman–Crippen MR) is 141 cm³/mol. The number of rotatable bonds is 7. The molecule has 1 N–H and O–H groups in total. The normalized spacial score (nSPS) is 13.6. The summed E-state index contributed by atoms with van der Waals surface area (Å²) in [5, 5.41) is 3.49. The molecule has 3 aromatic carbocycles. The summed E-state index contributed by atoms with van der Waals surface area (Å²) in [5.41, 5.74) is 3.66. The topological polar surface area (TPSA) is 61.9 Å². The van der Waals surface area contributed by atoms with Gasteiger partial charge in [-0.2, -0.15) is 0 Å². The maximum absolute atomic E-state index is 12.7. The number of nitrogens with one attached hydrogen (secondary N) is 1. The van der Waals surface area contributed by atoms with Gasteiger partial charge in [0, 0.05) is 48.1 Å². The number of benzene rings is 3. The second-order valence-corrected chi connectivity index (χ2v) is 9.33. The molecule has 1 saturated heterocycles. The zero-order valence-corrected chi connectivity index (χ0v) is 20.8. The summed E-state index contributed by atoms with van der Waals surface area (Å²) in [5.74, 6) is 0.946. The number of hydrogen-bond donors (Lipinski definition) is 1. The van der Waals surface area contributed by atoms with Crippen LogP contribution in [-0.2, 0) is 4.79 Å². The third-order valence-corrected chi connectivity index (χ3v) is 6.34. The molecule has 0 atom stereocenters.